The fourth-order valence-corrected chi connectivity index (χ4v) is 4.07. The van der Waals surface area contributed by atoms with E-state index < -0.39 is 0 Å². The summed E-state index contributed by atoms with van der Waals surface area (Å²) >= 11 is 0. The van der Waals surface area contributed by atoms with E-state index in [2.05, 4.69) is 60.2 Å². The number of allylic oxidation sites excluding steroid dienone is 1. The van der Waals surface area contributed by atoms with Crippen molar-refractivity contribution in [2.24, 2.45) is 5.92 Å². The number of H-pyrrole nitrogens is 2. The molecule has 1 aliphatic rings. The molecule has 1 saturated carbocycles. The van der Waals surface area contributed by atoms with Gasteiger partial charge < -0.3 is 10.3 Å². The minimum absolute atomic E-state index is 0.568. The molecule has 0 unspecified atom stereocenters. The van der Waals surface area contributed by atoms with Crippen LogP contribution in [0.25, 0.3) is 44.5 Å². The van der Waals surface area contributed by atoms with Crippen molar-refractivity contribution >= 4 is 27.5 Å². The van der Waals surface area contributed by atoms with Gasteiger partial charge in [0.2, 0.25) is 0 Å². The van der Waals surface area contributed by atoms with Crippen LogP contribution in [-0.2, 0) is 0 Å². The Bertz CT molecular complexity index is 1390. The lowest BCUT2D eigenvalue weighted by atomic mass is 9.83. The van der Waals surface area contributed by atoms with Crippen molar-refractivity contribution < 1.29 is 0 Å². The number of aromatic amines is 2. The van der Waals surface area contributed by atoms with Gasteiger partial charge in [0.15, 0.2) is 0 Å². The molecule has 5 aromatic heterocycles. The van der Waals surface area contributed by atoms with E-state index in [1.165, 1.54) is 19.3 Å². The van der Waals surface area contributed by atoms with Gasteiger partial charge in [-0.2, -0.15) is 5.10 Å². The highest BCUT2D eigenvalue weighted by Crippen LogP contribution is 2.34. The highest BCUT2D eigenvalue weighted by Gasteiger charge is 2.20. The molecule has 0 amide bonds. The van der Waals surface area contributed by atoms with E-state index in [0.29, 0.717) is 5.92 Å². The Hall–Kier alpha value is -4.00. The van der Waals surface area contributed by atoms with E-state index in [0.717, 1.165) is 55.8 Å². The van der Waals surface area contributed by atoms with Crippen LogP contribution in [0.15, 0.2) is 67.5 Å². The van der Waals surface area contributed by atoms with Gasteiger partial charge in [0.05, 0.1) is 35.0 Å². The van der Waals surface area contributed by atoms with Crippen molar-refractivity contribution in [3.63, 3.8) is 0 Å². The van der Waals surface area contributed by atoms with E-state index >= 15 is 0 Å². The summed E-state index contributed by atoms with van der Waals surface area (Å²) in [6, 6.07) is 8.15. The maximum Gasteiger partial charge on any atom is 0.116 e. The average molecular weight is 407 g/mol. The fourth-order valence-electron chi connectivity index (χ4n) is 4.07. The lowest BCUT2D eigenvalue weighted by molar-refractivity contribution is 0.371. The quantitative estimate of drug-likeness (QED) is 0.368. The number of aromatic nitrogens is 6. The van der Waals surface area contributed by atoms with Crippen molar-refractivity contribution in [3.8, 4) is 22.6 Å². The summed E-state index contributed by atoms with van der Waals surface area (Å²) in [6.45, 7) is 4.20. The van der Waals surface area contributed by atoms with Crippen LogP contribution in [-0.4, -0.2) is 30.1 Å². The minimum Gasteiger partial charge on any atom is -0.358 e. The topological polar surface area (TPSA) is 95.2 Å². The molecule has 152 valence electrons. The Balaban J connectivity index is 1.37. The second-order valence-electron chi connectivity index (χ2n) is 8.07. The highest BCUT2D eigenvalue weighted by molar-refractivity contribution is 5.96. The molecule has 7 heteroatoms. The van der Waals surface area contributed by atoms with Gasteiger partial charge in [-0.1, -0.05) is 13.0 Å². The summed E-state index contributed by atoms with van der Waals surface area (Å²) in [5.74, 6) is 0.568. The predicted molar refractivity (Wildman–Crippen MR) is 122 cm³/mol. The molecule has 0 spiro atoms. The maximum atomic E-state index is 4.63. The largest absolute Gasteiger partial charge is 0.358 e. The molecule has 5 aromatic rings. The summed E-state index contributed by atoms with van der Waals surface area (Å²) in [6.07, 6.45) is 12.8. The smallest absolute Gasteiger partial charge is 0.116 e. The van der Waals surface area contributed by atoms with E-state index in [4.69, 9.17) is 0 Å². The number of hydrogen-bond acceptors (Lipinski definition) is 5. The average Bonchev–Trinajstić information content (AvgIpc) is 3.36. The molecule has 3 N–H and O–H groups in total. The lowest BCUT2D eigenvalue weighted by Crippen LogP contribution is -2.18. The van der Waals surface area contributed by atoms with E-state index in [9.17, 15) is 0 Å². The third-order valence-corrected chi connectivity index (χ3v) is 6.06. The first-order valence-corrected chi connectivity index (χ1v) is 10.4. The number of fused-ring (bicyclic) bond motifs is 2. The lowest BCUT2D eigenvalue weighted by Gasteiger charge is -2.28. The molecule has 0 atom stereocenters. The third kappa shape index (κ3) is 3.15. The summed E-state index contributed by atoms with van der Waals surface area (Å²) in [5.41, 5.74) is 7.51. The van der Waals surface area contributed by atoms with Crippen molar-refractivity contribution in [2.45, 2.75) is 19.3 Å². The zero-order chi connectivity index (χ0) is 20.8. The Morgan fingerprint density at radius 1 is 1.03 bits per heavy atom. The number of hydrogen-bond donors (Lipinski definition) is 3. The Morgan fingerprint density at radius 3 is 2.81 bits per heavy atom. The zero-order valence-corrected chi connectivity index (χ0v) is 16.9. The second-order valence-corrected chi connectivity index (χ2v) is 8.07. The van der Waals surface area contributed by atoms with E-state index in [-0.39, 0.29) is 0 Å². The van der Waals surface area contributed by atoms with E-state index in [1.807, 2.05) is 30.9 Å². The molecule has 5 heterocycles. The van der Waals surface area contributed by atoms with Crippen LogP contribution in [0.5, 0.6) is 0 Å². The summed E-state index contributed by atoms with van der Waals surface area (Å²) in [5, 5.41) is 13.1. The minimum atomic E-state index is 0.568. The van der Waals surface area contributed by atoms with E-state index in [1.54, 1.807) is 6.20 Å². The normalized spacial score (nSPS) is 14.1. The molecule has 1 fully saturated rings. The monoisotopic (exact) mass is 407 g/mol. The molecule has 0 radical (unpaired) electrons. The molecule has 1 aliphatic carbocycles. The summed E-state index contributed by atoms with van der Waals surface area (Å²) in [4.78, 5) is 16.7. The molecule has 0 saturated heterocycles. The summed E-state index contributed by atoms with van der Waals surface area (Å²) < 4.78 is 0. The molecular weight excluding hydrogens is 386 g/mol. The van der Waals surface area contributed by atoms with Crippen LogP contribution in [0.3, 0.4) is 0 Å². The number of nitrogens with zero attached hydrogens (tertiary/aromatic N) is 4. The van der Waals surface area contributed by atoms with Gasteiger partial charge in [-0.05, 0) is 43.0 Å². The van der Waals surface area contributed by atoms with Crippen molar-refractivity contribution in [2.75, 3.05) is 5.32 Å². The van der Waals surface area contributed by atoms with Crippen LogP contribution in [0.4, 0.5) is 5.69 Å². The zero-order valence-electron chi connectivity index (χ0n) is 16.9. The van der Waals surface area contributed by atoms with Crippen LogP contribution in [0.2, 0.25) is 0 Å². The van der Waals surface area contributed by atoms with Crippen molar-refractivity contribution in [3.05, 3.63) is 67.5 Å². The first-order chi connectivity index (χ1) is 15.2. The fraction of sp³-hybridized carbons (Fsp3) is 0.167. The van der Waals surface area contributed by atoms with Gasteiger partial charge in [0, 0.05) is 46.1 Å². The molecule has 31 heavy (non-hydrogen) atoms. The molecule has 6 rings (SSSR count). The first kappa shape index (κ1) is 17.8. The van der Waals surface area contributed by atoms with Crippen molar-refractivity contribution in [1.29, 1.82) is 0 Å². The molecular formula is C24H21N7. The molecule has 0 bridgehead atoms. The second kappa shape index (κ2) is 7.05. The molecule has 7 nitrogen and oxygen atoms in total. The van der Waals surface area contributed by atoms with Gasteiger partial charge in [0.25, 0.3) is 0 Å². The van der Waals surface area contributed by atoms with Crippen molar-refractivity contribution in [1.82, 2.24) is 30.1 Å². The summed E-state index contributed by atoms with van der Waals surface area (Å²) in [7, 11) is 0. The molecule has 0 aromatic carbocycles. The van der Waals surface area contributed by atoms with Gasteiger partial charge in [-0.15, -0.1) is 0 Å². The molecule has 0 aliphatic heterocycles. The van der Waals surface area contributed by atoms with Gasteiger partial charge in [-0.3, -0.25) is 20.1 Å². The Kier molecular flexibility index (Phi) is 4.06. The Labute approximate surface area is 178 Å². The standard InChI is InChI=1S/C24H21N7/c1-14(15-3-2-4-15)28-18-7-16(11-26-12-18)21-9-19-23(13-27-21)30-31-24(19)22-8-17-10-25-6-5-20(17)29-22/h5-13,15,28-29H,1-4H2,(H,30,31). The number of anilines is 1. The number of rotatable bonds is 5. The SMILES string of the molecule is C=C(Nc1cncc(-c2cc3c(-c4cc5cnccc5[nH]4)n[nH]c3cn2)c1)C1CCC1. The maximum absolute atomic E-state index is 4.63. The highest BCUT2D eigenvalue weighted by atomic mass is 15.1. The number of pyridine rings is 3. The van der Waals surface area contributed by atoms with Gasteiger partial charge >= 0.3 is 0 Å². The van der Waals surface area contributed by atoms with Crippen LogP contribution in [0, 0.1) is 5.92 Å². The predicted octanol–water partition coefficient (Wildman–Crippen LogP) is 5.29. The number of nitrogens with one attached hydrogen (secondary N) is 3. The van der Waals surface area contributed by atoms with Crippen LogP contribution >= 0.6 is 0 Å². The van der Waals surface area contributed by atoms with Crippen LogP contribution < -0.4 is 5.32 Å². The van der Waals surface area contributed by atoms with Crippen LogP contribution in [0.1, 0.15) is 19.3 Å². The van der Waals surface area contributed by atoms with Gasteiger partial charge in [0.1, 0.15) is 5.69 Å². The van der Waals surface area contributed by atoms with Gasteiger partial charge in [-0.25, -0.2) is 0 Å². The Morgan fingerprint density at radius 2 is 1.97 bits per heavy atom. The third-order valence-electron chi connectivity index (χ3n) is 6.06. The first-order valence-electron chi connectivity index (χ1n) is 10.4.